The lowest BCUT2D eigenvalue weighted by Crippen LogP contribution is -2.11. The predicted molar refractivity (Wildman–Crippen MR) is 101 cm³/mol. The highest BCUT2D eigenvalue weighted by molar-refractivity contribution is 6.36. The van der Waals surface area contributed by atoms with Gasteiger partial charge >= 0.3 is 0 Å². The van der Waals surface area contributed by atoms with Gasteiger partial charge in [0.05, 0.1) is 5.69 Å². The van der Waals surface area contributed by atoms with Crippen molar-refractivity contribution in [1.82, 2.24) is 14.6 Å². The van der Waals surface area contributed by atoms with Gasteiger partial charge in [0.2, 0.25) is 0 Å². The normalized spacial score (nSPS) is 11.1. The second kappa shape index (κ2) is 7.68. The van der Waals surface area contributed by atoms with Gasteiger partial charge in [-0.15, -0.1) is 0 Å². The lowest BCUT2D eigenvalue weighted by molar-refractivity contribution is 0.147. The SMILES string of the molecule is Bc1cnn2c(NCCCOCC)cc(-c3ccccc3Cl)nc12. The van der Waals surface area contributed by atoms with Crippen molar-refractivity contribution in [2.45, 2.75) is 13.3 Å². The third-order valence-electron chi connectivity index (χ3n) is 3.77. The van der Waals surface area contributed by atoms with Gasteiger partial charge in [0.1, 0.15) is 13.7 Å². The van der Waals surface area contributed by atoms with Crippen molar-refractivity contribution in [3.8, 4) is 11.3 Å². The van der Waals surface area contributed by atoms with E-state index in [1.54, 1.807) is 0 Å². The van der Waals surface area contributed by atoms with Crippen LogP contribution in [0.2, 0.25) is 5.02 Å². The summed E-state index contributed by atoms with van der Waals surface area (Å²) < 4.78 is 7.21. The minimum Gasteiger partial charge on any atom is -0.382 e. The molecule has 0 aliphatic carbocycles. The zero-order valence-electron chi connectivity index (χ0n) is 13.9. The summed E-state index contributed by atoms with van der Waals surface area (Å²) in [7, 11) is 2.00. The fourth-order valence-corrected chi connectivity index (χ4v) is 2.77. The standard InChI is InChI=1S/C17H20BClN4O/c1-2-24-9-5-8-20-16-10-15(12-6-3-4-7-14(12)19)22-17-13(18)11-21-23(16)17/h3-4,6-7,10-11,20H,2,5,8-9,18H2,1H3. The van der Waals surface area contributed by atoms with Crippen LogP contribution in [0.3, 0.4) is 0 Å². The largest absolute Gasteiger partial charge is 0.382 e. The second-order valence-electron chi connectivity index (χ2n) is 5.55. The van der Waals surface area contributed by atoms with E-state index in [1.807, 2.05) is 55.8 Å². The van der Waals surface area contributed by atoms with Crippen molar-refractivity contribution in [2.75, 3.05) is 25.1 Å². The average molecular weight is 343 g/mol. The Morgan fingerprint density at radius 3 is 2.96 bits per heavy atom. The van der Waals surface area contributed by atoms with Gasteiger partial charge in [0, 0.05) is 42.6 Å². The van der Waals surface area contributed by atoms with Crippen LogP contribution in [0, 0.1) is 0 Å². The Kier molecular flexibility index (Phi) is 5.38. The quantitative estimate of drug-likeness (QED) is 0.528. The van der Waals surface area contributed by atoms with Crippen LogP contribution in [0.15, 0.2) is 36.5 Å². The molecule has 2 heterocycles. The van der Waals surface area contributed by atoms with Gasteiger partial charge < -0.3 is 10.1 Å². The lowest BCUT2D eigenvalue weighted by Gasteiger charge is -2.12. The monoisotopic (exact) mass is 342 g/mol. The third kappa shape index (κ3) is 3.55. The van der Waals surface area contributed by atoms with Crippen LogP contribution in [0.25, 0.3) is 16.9 Å². The number of benzene rings is 1. The van der Waals surface area contributed by atoms with E-state index in [-0.39, 0.29) is 0 Å². The summed E-state index contributed by atoms with van der Waals surface area (Å²) in [6.45, 7) is 4.30. The molecule has 0 atom stereocenters. The van der Waals surface area contributed by atoms with Gasteiger partial charge in [-0.2, -0.15) is 9.61 Å². The van der Waals surface area contributed by atoms with Gasteiger partial charge in [-0.1, -0.05) is 29.8 Å². The Morgan fingerprint density at radius 1 is 1.33 bits per heavy atom. The molecule has 0 bridgehead atoms. The zero-order valence-corrected chi connectivity index (χ0v) is 14.7. The molecule has 0 fully saturated rings. The Balaban J connectivity index is 1.94. The molecular formula is C17H20BClN4O. The molecule has 0 radical (unpaired) electrons. The minimum atomic E-state index is 0.689. The van der Waals surface area contributed by atoms with Crippen LogP contribution in [0.1, 0.15) is 13.3 Å². The Morgan fingerprint density at radius 2 is 2.17 bits per heavy atom. The first-order valence-electron chi connectivity index (χ1n) is 8.12. The fourth-order valence-electron chi connectivity index (χ4n) is 2.54. The maximum Gasteiger partial charge on any atom is 0.151 e. The van der Waals surface area contributed by atoms with E-state index in [1.165, 1.54) is 0 Å². The topological polar surface area (TPSA) is 51.5 Å². The van der Waals surface area contributed by atoms with Crippen molar-refractivity contribution >= 4 is 36.4 Å². The Hall–Kier alpha value is -2.05. The number of ether oxygens (including phenoxy) is 1. The number of aromatic nitrogens is 3. The molecule has 7 heteroatoms. The van der Waals surface area contributed by atoms with E-state index in [0.29, 0.717) is 5.02 Å². The molecule has 0 unspecified atom stereocenters. The summed E-state index contributed by atoms with van der Waals surface area (Å²) >= 11 is 6.34. The molecule has 1 N–H and O–H groups in total. The summed E-state index contributed by atoms with van der Waals surface area (Å²) in [6, 6.07) is 9.72. The van der Waals surface area contributed by atoms with E-state index >= 15 is 0 Å². The molecule has 0 amide bonds. The number of halogens is 1. The fraction of sp³-hybridized carbons (Fsp3) is 0.294. The minimum absolute atomic E-state index is 0.689. The molecule has 1 aromatic carbocycles. The second-order valence-corrected chi connectivity index (χ2v) is 5.95. The van der Waals surface area contributed by atoms with Crippen molar-refractivity contribution in [3.05, 3.63) is 41.6 Å². The number of fused-ring (bicyclic) bond motifs is 1. The van der Waals surface area contributed by atoms with E-state index < -0.39 is 0 Å². The first-order chi connectivity index (χ1) is 11.7. The smallest absolute Gasteiger partial charge is 0.151 e. The van der Waals surface area contributed by atoms with Crippen molar-refractivity contribution in [3.63, 3.8) is 0 Å². The van der Waals surface area contributed by atoms with Crippen LogP contribution in [-0.2, 0) is 4.74 Å². The molecule has 2 aromatic heterocycles. The Bertz CT molecular complexity index is 837. The zero-order chi connectivity index (χ0) is 16.9. The number of hydrogen-bond donors (Lipinski definition) is 1. The molecule has 0 saturated heterocycles. The van der Waals surface area contributed by atoms with Gasteiger partial charge in [-0.05, 0) is 24.9 Å². The number of rotatable bonds is 7. The first-order valence-corrected chi connectivity index (χ1v) is 8.50. The van der Waals surface area contributed by atoms with Crippen molar-refractivity contribution < 1.29 is 4.74 Å². The molecule has 24 heavy (non-hydrogen) atoms. The molecule has 0 spiro atoms. The van der Waals surface area contributed by atoms with Gasteiger partial charge in [0.25, 0.3) is 0 Å². The summed E-state index contributed by atoms with van der Waals surface area (Å²) in [5.74, 6) is 0.902. The molecule has 3 rings (SSSR count). The average Bonchev–Trinajstić information content (AvgIpc) is 2.96. The maximum absolute atomic E-state index is 6.34. The number of nitrogens with one attached hydrogen (secondary N) is 1. The number of hydrogen-bond acceptors (Lipinski definition) is 4. The highest BCUT2D eigenvalue weighted by atomic mass is 35.5. The summed E-state index contributed by atoms with van der Waals surface area (Å²) in [5, 5.41) is 8.53. The molecule has 0 aliphatic rings. The summed E-state index contributed by atoms with van der Waals surface area (Å²) in [6.07, 6.45) is 2.75. The highest BCUT2D eigenvalue weighted by Crippen LogP contribution is 2.28. The van der Waals surface area contributed by atoms with E-state index in [4.69, 9.17) is 21.3 Å². The van der Waals surface area contributed by atoms with Gasteiger partial charge in [-0.3, -0.25) is 0 Å². The van der Waals surface area contributed by atoms with E-state index in [2.05, 4.69) is 10.4 Å². The van der Waals surface area contributed by atoms with Crippen LogP contribution >= 0.6 is 11.6 Å². The molecule has 0 aliphatic heterocycles. The van der Waals surface area contributed by atoms with Crippen molar-refractivity contribution in [2.24, 2.45) is 0 Å². The Labute approximate surface area is 147 Å². The molecule has 124 valence electrons. The van der Waals surface area contributed by atoms with Crippen LogP contribution in [0.5, 0.6) is 0 Å². The predicted octanol–water partition coefficient (Wildman–Crippen LogP) is 2.15. The number of nitrogens with zero attached hydrogens (tertiary/aromatic N) is 3. The van der Waals surface area contributed by atoms with Crippen molar-refractivity contribution in [1.29, 1.82) is 0 Å². The van der Waals surface area contributed by atoms with Crippen LogP contribution < -0.4 is 10.8 Å². The van der Waals surface area contributed by atoms with E-state index in [0.717, 1.165) is 54.4 Å². The van der Waals surface area contributed by atoms with Gasteiger partial charge in [0.15, 0.2) is 5.65 Å². The molecule has 3 aromatic rings. The van der Waals surface area contributed by atoms with Crippen LogP contribution in [0.4, 0.5) is 5.82 Å². The molecule has 0 saturated carbocycles. The third-order valence-corrected chi connectivity index (χ3v) is 4.10. The lowest BCUT2D eigenvalue weighted by atomic mass is 10.0. The summed E-state index contributed by atoms with van der Waals surface area (Å²) in [4.78, 5) is 4.74. The van der Waals surface area contributed by atoms with E-state index in [9.17, 15) is 0 Å². The first kappa shape index (κ1) is 16.8. The van der Waals surface area contributed by atoms with Gasteiger partial charge in [-0.25, -0.2) is 4.98 Å². The highest BCUT2D eigenvalue weighted by Gasteiger charge is 2.12. The summed E-state index contributed by atoms with van der Waals surface area (Å²) in [5.41, 5.74) is 3.62. The maximum atomic E-state index is 6.34. The molecule has 5 nitrogen and oxygen atoms in total. The number of anilines is 1. The molecular weight excluding hydrogens is 322 g/mol. The van der Waals surface area contributed by atoms with Crippen LogP contribution in [-0.4, -0.2) is 42.2 Å².